The first-order chi connectivity index (χ1) is 13.8. The van der Waals surface area contributed by atoms with Crippen molar-refractivity contribution < 1.29 is 24.2 Å². The van der Waals surface area contributed by atoms with Crippen LogP contribution in [0.4, 0.5) is 0 Å². The van der Waals surface area contributed by atoms with Crippen LogP contribution in [0.2, 0.25) is 10.0 Å². The molecule has 3 aromatic rings. The van der Waals surface area contributed by atoms with Crippen LogP contribution in [0.25, 0.3) is 22.6 Å². The molecule has 8 heteroatoms. The molecule has 0 unspecified atom stereocenters. The Balaban J connectivity index is 2.31. The SMILES string of the molecule is CCOC(=O)c1[nH]c2cc(Cl)cc(Cl)c2c1C=C(C(=O)O)c1cccc(OC)c1. The van der Waals surface area contributed by atoms with Crippen molar-refractivity contribution in [2.45, 2.75) is 6.92 Å². The number of aromatic amines is 1. The van der Waals surface area contributed by atoms with Crippen LogP contribution < -0.4 is 4.74 Å². The third-order valence-electron chi connectivity index (χ3n) is 4.23. The number of esters is 1. The van der Waals surface area contributed by atoms with Crippen LogP contribution in [-0.4, -0.2) is 35.7 Å². The van der Waals surface area contributed by atoms with Gasteiger partial charge in [0.25, 0.3) is 0 Å². The van der Waals surface area contributed by atoms with Crippen molar-refractivity contribution >= 4 is 57.7 Å². The second kappa shape index (κ2) is 8.59. The summed E-state index contributed by atoms with van der Waals surface area (Å²) in [4.78, 5) is 27.5. The molecule has 1 heterocycles. The summed E-state index contributed by atoms with van der Waals surface area (Å²) < 4.78 is 10.3. The minimum absolute atomic E-state index is 0.0404. The van der Waals surface area contributed by atoms with Crippen molar-refractivity contribution in [1.82, 2.24) is 4.98 Å². The summed E-state index contributed by atoms with van der Waals surface area (Å²) in [5.74, 6) is -1.30. The predicted molar refractivity (Wildman–Crippen MR) is 113 cm³/mol. The van der Waals surface area contributed by atoms with Crippen LogP contribution in [-0.2, 0) is 9.53 Å². The lowest BCUT2D eigenvalue weighted by molar-refractivity contribution is -0.130. The average Bonchev–Trinajstić information content (AvgIpc) is 3.04. The number of aromatic nitrogens is 1. The second-order valence-corrected chi connectivity index (χ2v) is 6.88. The van der Waals surface area contributed by atoms with Gasteiger partial charge in [-0.1, -0.05) is 35.3 Å². The number of nitrogens with one attached hydrogen (secondary N) is 1. The Morgan fingerprint density at radius 1 is 1.21 bits per heavy atom. The van der Waals surface area contributed by atoms with Crippen molar-refractivity contribution in [2.75, 3.05) is 13.7 Å². The summed E-state index contributed by atoms with van der Waals surface area (Å²) >= 11 is 12.4. The lowest BCUT2D eigenvalue weighted by Gasteiger charge is -2.07. The maximum Gasteiger partial charge on any atom is 0.355 e. The minimum Gasteiger partial charge on any atom is -0.497 e. The van der Waals surface area contributed by atoms with E-state index in [4.69, 9.17) is 32.7 Å². The van der Waals surface area contributed by atoms with E-state index in [1.165, 1.54) is 19.3 Å². The van der Waals surface area contributed by atoms with Gasteiger partial charge in [-0.2, -0.15) is 0 Å². The van der Waals surface area contributed by atoms with Crippen molar-refractivity contribution in [2.24, 2.45) is 0 Å². The van der Waals surface area contributed by atoms with E-state index in [0.29, 0.717) is 32.8 Å². The Morgan fingerprint density at radius 3 is 2.62 bits per heavy atom. The molecule has 1 aromatic heterocycles. The highest BCUT2D eigenvalue weighted by atomic mass is 35.5. The van der Waals surface area contributed by atoms with E-state index in [-0.39, 0.29) is 22.9 Å². The number of H-pyrrole nitrogens is 1. The molecule has 0 atom stereocenters. The van der Waals surface area contributed by atoms with E-state index in [2.05, 4.69) is 4.98 Å². The minimum atomic E-state index is -1.17. The predicted octanol–water partition coefficient (Wildman–Crippen LogP) is 5.29. The third-order valence-corrected chi connectivity index (χ3v) is 4.75. The number of carboxylic acids is 1. The fourth-order valence-corrected chi connectivity index (χ4v) is 3.58. The topological polar surface area (TPSA) is 88.6 Å². The Bertz CT molecular complexity index is 1130. The van der Waals surface area contributed by atoms with Gasteiger partial charge in [0.05, 0.1) is 24.3 Å². The van der Waals surface area contributed by atoms with Crippen LogP contribution in [0.3, 0.4) is 0 Å². The van der Waals surface area contributed by atoms with Crippen LogP contribution in [0.1, 0.15) is 28.5 Å². The Hall–Kier alpha value is -2.96. The molecule has 0 saturated heterocycles. The summed E-state index contributed by atoms with van der Waals surface area (Å²) in [5.41, 5.74) is 1.26. The van der Waals surface area contributed by atoms with Gasteiger partial charge in [0.2, 0.25) is 0 Å². The normalized spacial score (nSPS) is 11.5. The average molecular weight is 434 g/mol. The Kier molecular flexibility index (Phi) is 6.15. The number of rotatable bonds is 6. The fraction of sp³-hybridized carbons (Fsp3) is 0.143. The zero-order valence-corrected chi connectivity index (χ0v) is 17.1. The third kappa shape index (κ3) is 4.23. The lowest BCUT2D eigenvalue weighted by Crippen LogP contribution is -2.07. The number of carbonyl (C=O) groups is 2. The number of fused-ring (bicyclic) bond motifs is 1. The Labute approximate surface area is 176 Å². The maximum atomic E-state index is 12.5. The molecule has 0 aliphatic heterocycles. The number of methoxy groups -OCH3 is 1. The first-order valence-electron chi connectivity index (χ1n) is 8.63. The van der Waals surface area contributed by atoms with Gasteiger partial charge in [-0.15, -0.1) is 0 Å². The molecule has 0 amide bonds. The molecule has 2 N–H and O–H groups in total. The molecule has 0 bridgehead atoms. The van der Waals surface area contributed by atoms with Crippen LogP contribution in [0.5, 0.6) is 5.75 Å². The van der Waals surface area contributed by atoms with Gasteiger partial charge in [0, 0.05) is 21.5 Å². The number of hydrogen-bond donors (Lipinski definition) is 2. The zero-order chi connectivity index (χ0) is 21.1. The van der Waals surface area contributed by atoms with Crippen LogP contribution in [0.15, 0.2) is 36.4 Å². The molecule has 29 heavy (non-hydrogen) atoms. The molecule has 6 nitrogen and oxygen atoms in total. The largest absolute Gasteiger partial charge is 0.497 e. The summed E-state index contributed by atoms with van der Waals surface area (Å²) in [6.45, 7) is 1.84. The molecular weight excluding hydrogens is 417 g/mol. The smallest absolute Gasteiger partial charge is 0.355 e. The van der Waals surface area contributed by atoms with E-state index < -0.39 is 11.9 Å². The second-order valence-electron chi connectivity index (χ2n) is 6.04. The van der Waals surface area contributed by atoms with Gasteiger partial charge < -0.3 is 19.6 Å². The highest BCUT2D eigenvalue weighted by molar-refractivity contribution is 6.39. The lowest BCUT2D eigenvalue weighted by atomic mass is 10.0. The maximum absolute atomic E-state index is 12.5. The highest BCUT2D eigenvalue weighted by Gasteiger charge is 2.22. The molecule has 0 fully saturated rings. The monoisotopic (exact) mass is 433 g/mol. The van der Waals surface area contributed by atoms with E-state index in [1.54, 1.807) is 37.3 Å². The standard InChI is InChI=1S/C21H17Cl2NO5/c1-3-29-21(27)19-15(18-16(23)8-12(22)9-17(18)24-19)10-14(20(25)26)11-5-4-6-13(7-11)28-2/h4-10,24H,3H2,1-2H3,(H,25,26). The number of halogens is 2. The van der Waals surface area contributed by atoms with Gasteiger partial charge >= 0.3 is 11.9 Å². The molecule has 2 aromatic carbocycles. The fourth-order valence-electron chi connectivity index (χ4n) is 2.99. The summed E-state index contributed by atoms with van der Waals surface area (Å²) in [6.07, 6.45) is 1.39. The van der Waals surface area contributed by atoms with E-state index in [1.807, 2.05) is 0 Å². The van der Waals surface area contributed by atoms with Gasteiger partial charge in [-0.25, -0.2) is 9.59 Å². The zero-order valence-electron chi connectivity index (χ0n) is 15.6. The van der Waals surface area contributed by atoms with Crippen molar-refractivity contribution in [3.05, 3.63) is 63.3 Å². The van der Waals surface area contributed by atoms with Crippen LogP contribution in [0, 0.1) is 0 Å². The van der Waals surface area contributed by atoms with E-state index in [9.17, 15) is 14.7 Å². The van der Waals surface area contributed by atoms with Gasteiger partial charge in [-0.05, 0) is 42.8 Å². The molecule has 0 aliphatic carbocycles. The van der Waals surface area contributed by atoms with E-state index >= 15 is 0 Å². The number of benzene rings is 2. The number of aliphatic carboxylic acids is 1. The number of ether oxygens (including phenoxy) is 2. The molecule has 0 radical (unpaired) electrons. The van der Waals surface area contributed by atoms with Gasteiger partial charge in [-0.3, -0.25) is 0 Å². The molecule has 0 saturated carbocycles. The Morgan fingerprint density at radius 2 is 1.97 bits per heavy atom. The molecule has 150 valence electrons. The van der Waals surface area contributed by atoms with Gasteiger partial charge in [0.1, 0.15) is 11.4 Å². The first kappa shape index (κ1) is 20.8. The number of hydrogen-bond acceptors (Lipinski definition) is 4. The first-order valence-corrected chi connectivity index (χ1v) is 9.38. The van der Waals surface area contributed by atoms with Crippen molar-refractivity contribution in [3.8, 4) is 5.75 Å². The highest BCUT2D eigenvalue weighted by Crippen LogP contribution is 2.35. The van der Waals surface area contributed by atoms with Gasteiger partial charge in [0.15, 0.2) is 0 Å². The van der Waals surface area contributed by atoms with Crippen LogP contribution >= 0.6 is 23.2 Å². The summed E-state index contributed by atoms with van der Waals surface area (Å²) in [5, 5.41) is 10.9. The molecule has 0 aliphatic rings. The quantitative estimate of drug-likeness (QED) is 0.407. The molecule has 3 rings (SSSR count). The molecular formula is C21H17Cl2NO5. The molecule has 0 spiro atoms. The summed E-state index contributed by atoms with van der Waals surface area (Å²) in [6, 6.07) is 9.75. The summed E-state index contributed by atoms with van der Waals surface area (Å²) in [7, 11) is 1.49. The number of carboxylic acid groups (broad SMARTS) is 1. The number of carbonyl (C=O) groups excluding carboxylic acids is 1. The van der Waals surface area contributed by atoms with Crippen molar-refractivity contribution in [1.29, 1.82) is 0 Å². The van der Waals surface area contributed by atoms with Crippen molar-refractivity contribution in [3.63, 3.8) is 0 Å². The van der Waals surface area contributed by atoms with E-state index in [0.717, 1.165) is 0 Å².